The number of likely N-dealkylation sites (tertiary alicyclic amines) is 1. The molecule has 26 heavy (non-hydrogen) atoms. The first-order valence-corrected chi connectivity index (χ1v) is 10.6. The number of benzene rings is 1. The van der Waals surface area contributed by atoms with Crippen LogP contribution in [-0.2, 0) is 17.6 Å². The fourth-order valence-corrected chi connectivity index (χ4v) is 5.77. The molecule has 0 unspecified atom stereocenters. The van der Waals surface area contributed by atoms with Crippen LogP contribution in [0.5, 0.6) is 0 Å². The Morgan fingerprint density at radius 1 is 0.923 bits per heavy atom. The van der Waals surface area contributed by atoms with Crippen molar-refractivity contribution in [1.82, 2.24) is 14.7 Å². The van der Waals surface area contributed by atoms with Crippen LogP contribution < -0.4 is 0 Å². The van der Waals surface area contributed by atoms with Crippen LogP contribution in [0.1, 0.15) is 36.8 Å². The summed E-state index contributed by atoms with van der Waals surface area (Å²) in [6.45, 7) is 6.73. The minimum Gasteiger partial charge on any atom is -0.341 e. The summed E-state index contributed by atoms with van der Waals surface area (Å²) in [6, 6.07) is 10.4. The second kappa shape index (κ2) is 6.97. The molecule has 4 heterocycles. The Morgan fingerprint density at radius 3 is 2.46 bits per heavy atom. The van der Waals surface area contributed by atoms with Crippen LogP contribution in [0.25, 0.3) is 0 Å². The first-order valence-electron chi connectivity index (χ1n) is 10.6. The van der Waals surface area contributed by atoms with E-state index in [-0.39, 0.29) is 0 Å². The van der Waals surface area contributed by atoms with Crippen molar-refractivity contribution in [3.05, 3.63) is 35.4 Å². The molecule has 6 rings (SSSR count). The maximum Gasteiger partial charge on any atom is 0.222 e. The third-order valence-electron chi connectivity index (χ3n) is 7.23. The molecule has 4 heteroatoms. The molecule has 1 aliphatic carbocycles. The quantitative estimate of drug-likeness (QED) is 0.830. The molecule has 4 fully saturated rings. The van der Waals surface area contributed by atoms with Gasteiger partial charge in [0, 0.05) is 57.8 Å². The van der Waals surface area contributed by atoms with E-state index in [4.69, 9.17) is 0 Å². The molecule has 0 radical (unpaired) electrons. The van der Waals surface area contributed by atoms with Gasteiger partial charge in [-0.25, -0.2) is 0 Å². The minimum absolute atomic E-state index is 0.371. The normalized spacial score (nSPS) is 30.2. The number of rotatable bonds is 4. The molecular weight excluding hydrogens is 322 g/mol. The third kappa shape index (κ3) is 3.18. The highest BCUT2D eigenvalue weighted by molar-refractivity contribution is 5.78. The molecule has 2 atom stereocenters. The van der Waals surface area contributed by atoms with Gasteiger partial charge in [-0.15, -0.1) is 0 Å². The van der Waals surface area contributed by atoms with Crippen LogP contribution in [0.2, 0.25) is 0 Å². The highest BCUT2D eigenvalue weighted by atomic mass is 16.2. The van der Waals surface area contributed by atoms with Crippen molar-refractivity contribution in [2.75, 3.05) is 39.3 Å². The summed E-state index contributed by atoms with van der Waals surface area (Å²) < 4.78 is 0. The van der Waals surface area contributed by atoms with E-state index in [2.05, 4.69) is 39.0 Å². The van der Waals surface area contributed by atoms with E-state index in [9.17, 15) is 4.79 Å². The Balaban J connectivity index is 1.22. The Bertz CT molecular complexity index is 650. The smallest absolute Gasteiger partial charge is 0.222 e. The summed E-state index contributed by atoms with van der Waals surface area (Å²) in [5.74, 6) is 1.18. The van der Waals surface area contributed by atoms with Gasteiger partial charge in [-0.05, 0) is 49.1 Å². The van der Waals surface area contributed by atoms with Crippen LogP contribution in [0, 0.1) is 5.92 Å². The molecule has 140 valence electrons. The molecule has 0 N–H and O–H groups in total. The molecular formula is C22H31N3O. The van der Waals surface area contributed by atoms with Crippen molar-refractivity contribution in [3.8, 4) is 0 Å². The van der Waals surface area contributed by atoms with Gasteiger partial charge in [-0.2, -0.15) is 0 Å². The number of carbonyl (C=O) groups is 1. The Kier molecular flexibility index (Phi) is 4.49. The molecule has 0 saturated carbocycles. The fraction of sp³-hybridized carbons (Fsp3) is 0.682. The topological polar surface area (TPSA) is 26.8 Å². The SMILES string of the molecule is O=C1CCCN1CCN1C[C@H]2CC[C@@H]1CN(C1Cc3ccccc3C1)C2. The predicted octanol–water partition coefficient (Wildman–Crippen LogP) is 2.17. The van der Waals surface area contributed by atoms with Gasteiger partial charge in [0.1, 0.15) is 0 Å². The van der Waals surface area contributed by atoms with Gasteiger partial charge in [0.05, 0.1) is 0 Å². The first-order chi connectivity index (χ1) is 12.8. The maximum atomic E-state index is 11.9. The second-order valence-corrected chi connectivity index (χ2v) is 8.86. The van der Waals surface area contributed by atoms with Crippen LogP contribution in [-0.4, -0.2) is 72.0 Å². The zero-order valence-electron chi connectivity index (χ0n) is 15.8. The summed E-state index contributed by atoms with van der Waals surface area (Å²) in [7, 11) is 0. The lowest BCUT2D eigenvalue weighted by atomic mass is 9.95. The Morgan fingerprint density at radius 2 is 1.73 bits per heavy atom. The van der Waals surface area contributed by atoms with Crippen LogP contribution in [0.15, 0.2) is 24.3 Å². The molecule has 1 amide bonds. The lowest BCUT2D eigenvalue weighted by molar-refractivity contribution is -0.128. The molecule has 0 aromatic heterocycles. The van der Waals surface area contributed by atoms with Crippen molar-refractivity contribution in [1.29, 1.82) is 0 Å². The summed E-state index contributed by atoms with van der Waals surface area (Å²) in [5, 5.41) is 0. The average Bonchev–Trinajstić information content (AvgIpc) is 3.16. The second-order valence-electron chi connectivity index (χ2n) is 8.86. The van der Waals surface area contributed by atoms with E-state index in [1.165, 1.54) is 45.3 Å². The minimum atomic E-state index is 0.371. The lowest BCUT2D eigenvalue weighted by Gasteiger charge is -2.37. The van der Waals surface area contributed by atoms with Crippen LogP contribution in [0.4, 0.5) is 0 Å². The van der Waals surface area contributed by atoms with Gasteiger partial charge in [0.2, 0.25) is 5.91 Å². The van der Waals surface area contributed by atoms with Crippen LogP contribution >= 0.6 is 0 Å². The number of amides is 1. The number of fused-ring (bicyclic) bond motifs is 5. The number of nitrogens with zero attached hydrogens (tertiary/aromatic N) is 3. The van der Waals surface area contributed by atoms with E-state index in [1.54, 1.807) is 11.1 Å². The van der Waals surface area contributed by atoms with Gasteiger partial charge in [-0.3, -0.25) is 14.6 Å². The monoisotopic (exact) mass is 353 g/mol. The standard InChI is InChI=1S/C22H31N3O/c26-22-6-3-9-23(22)10-11-24-14-17-7-8-20(24)16-25(15-17)21-12-18-4-1-2-5-19(18)13-21/h1-2,4-5,17,20-21H,3,6-16H2/t17-,20-/m1/s1. The van der Waals surface area contributed by atoms with E-state index in [1.807, 2.05) is 0 Å². The highest BCUT2D eigenvalue weighted by Gasteiger charge is 2.38. The predicted molar refractivity (Wildman–Crippen MR) is 103 cm³/mol. The number of hydrogen-bond acceptors (Lipinski definition) is 3. The summed E-state index contributed by atoms with van der Waals surface area (Å²) in [4.78, 5) is 19.5. The van der Waals surface area contributed by atoms with E-state index in [0.717, 1.165) is 38.4 Å². The Labute approximate surface area is 157 Å². The van der Waals surface area contributed by atoms with Gasteiger partial charge in [-0.1, -0.05) is 24.3 Å². The van der Waals surface area contributed by atoms with E-state index < -0.39 is 0 Å². The van der Waals surface area contributed by atoms with E-state index in [0.29, 0.717) is 18.0 Å². The molecule has 4 nitrogen and oxygen atoms in total. The molecule has 4 saturated heterocycles. The van der Waals surface area contributed by atoms with Gasteiger partial charge in [0.25, 0.3) is 0 Å². The zero-order valence-corrected chi connectivity index (χ0v) is 15.8. The van der Waals surface area contributed by atoms with E-state index >= 15 is 0 Å². The summed E-state index contributed by atoms with van der Waals surface area (Å²) in [5.41, 5.74) is 3.14. The number of hydrogen-bond donors (Lipinski definition) is 0. The number of piperidine rings is 1. The Hall–Kier alpha value is -1.39. The van der Waals surface area contributed by atoms with Gasteiger partial charge >= 0.3 is 0 Å². The largest absolute Gasteiger partial charge is 0.341 e. The van der Waals surface area contributed by atoms with Gasteiger partial charge in [0.15, 0.2) is 0 Å². The average molecular weight is 354 g/mol. The molecule has 2 bridgehead atoms. The summed E-state index contributed by atoms with van der Waals surface area (Å²) >= 11 is 0. The molecule has 4 aliphatic heterocycles. The van der Waals surface area contributed by atoms with Crippen LogP contribution in [0.3, 0.4) is 0 Å². The van der Waals surface area contributed by atoms with Gasteiger partial charge < -0.3 is 4.90 Å². The molecule has 1 aromatic carbocycles. The lowest BCUT2D eigenvalue weighted by Crippen LogP contribution is -2.48. The maximum absolute atomic E-state index is 11.9. The van der Waals surface area contributed by atoms with Crippen molar-refractivity contribution in [3.63, 3.8) is 0 Å². The van der Waals surface area contributed by atoms with Crippen molar-refractivity contribution in [2.45, 2.75) is 50.6 Å². The molecule has 0 spiro atoms. The zero-order chi connectivity index (χ0) is 17.5. The molecule has 5 aliphatic rings. The number of carbonyl (C=O) groups excluding carboxylic acids is 1. The molecule has 1 aromatic rings. The third-order valence-corrected chi connectivity index (χ3v) is 7.23. The van der Waals surface area contributed by atoms with Crippen molar-refractivity contribution < 1.29 is 4.79 Å². The highest BCUT2D eigenvalue weighted by Crippen LogP contribution is 2.33. The first kappa shape index (κ1) is 16.8. The fourth-order valence-electron chi connectivity index (χ4n) is 5.77. The summed E-state index contributed by atoms with van der Waals surface area (Å²) in [6.07, 6.45) is 7.02. The van der Waals surface area contributed by atoms with Crippen molar-refractivity contribution in [2.24, 2.45) is 5.92 Å². The van der Waals surface area contributed by atoms with Crippen molar-refractivity contribution >= 4 is 5.91 Å².